The number of hydrogen-bond donors (Lipinski definition) is 1. The molecule has 1 amide bonds. The van der Waals surface area contributed by atoms with Crippen molar-refractivity contribution < 1.29 is 14.3 Å². The van der Waals surface area contributed by atoms with Crippen LogP contribution in [-0.4, -0.2) is 32.7 Å². The highest BCUT2D eigenvalue weighted by molar-refractivity contribution is 5.94. The molecule has 3 aromatic rings. The topological polar surface area (TPSA) is 91.2 Å². The number of carbonyl (C=O) groups excluding carboxylic acids is 1. The zero-order valence-corrected chi connectivity index (χ0v) is 12.5. The number of benzene rings is 1. The molecule has 0 saturated heterocycles. The predicted molar refractivity (Wildman–Crippen MR) is 82.9 cm³/mol. The van der Waals surface area contributed by atoms with Crippen LogP contribution in [-0.2, 0) is 6.54 Å². The number of amides is 1. The number of fused-ring (bicyclic) bond motifs is 1. The van der Waals surface area contributed by atoms with Crippen molar-refractivity contribution >= 4 is 5.91 Å². The standard InChI is InChI=1S/C16H13N5O3/c22-16(11-3-4-14-15(6-11)24-10-23-14)18-7-12-9-21(20-19-12)13-2-1-5-17-8-13/h1-6,8-9H,7,10H2,(H,18,22). The Morgan fingerprint density at radius 3 is 3.04 bits per heavy atom. The predicted octanol–water partition coefficient (Wildman–Crippen LogP) is 1.32. The van der Waals surface area contributed by atoms with Gasteiger partial charge in [0.05, 0.1) is 24.6 Å². The molecule has 120 valence electrons. The lowest BCUT2D eigenvalue weighted by Gasteiger charge is -2.04. The van der Waals surface area contributed by atoms with Crippen molar-refractivity contribution in [2.75, 3.05) is 6.79 Å². The Bertz CT molecular complexity index is 878. The van der Waals surface area contributed by atoms with Gasteiger partial charge in [0, 0.05) is 11.8 Å². The Kier molecular flexibility index (Phi) is 3.54. The van der Waals surface area contributed by atoms with Crippen LogP contribution in [0.1, 0.15) is 16.1 Å². The SMILES string of the molecule is O=C(NCc1cn(-c2cccnc2)nn1)c1ccc2c(c1)OCO2. The second-order valence-corrected chi connectivity index (χ2v) is 5.12. The molecule has 8 nitrogen and oxygen atoms in total. The van der Waals surface area contributed by atoms with Crippen LogP contribution in [0.3, 0.4) is 0 Å². The zero-order valence-electron chi connectivity index (χ0n) is 12.5. The van der Waals surface area contributed by atoms with Gasteiger partial charge in [-0.05, 0) is 30.3 Å². The van der Waals surface area contributed by atoms with Gasteiger partial charge in [0.2, 0.25) is 6.79 Å². The van der Waals surface area contributed by atoms with E-state index in [2.05, 4.69) is 20.6 Å². The van der Waals surface area contributed by atoms with E-state index >= 15 is 0 Å². The fourth-order valence-corrected chi connectivity index (χ4v) is 2.31. The number of nitrogens with zero attached hydrogens (tertiary/aromatic N) is 4. The third-order valence-electron chi connectivity index (χ3n) is 3.52. The highest BCUT2D eigenvalue weighted by Crippen LogP contribution is 2.32. The largest absolute Gasteiger partial charge is 0.454 e. The van der Waals surface area contributed by atoms with Crippen LogP contribution in [0, 0.1) is 0 Å². The maximum atomic E-state index is 12.2. The van der Waals surface area contributed by atoms with Gasteiger partial charge >= 0.3 is 0 Å². The maximum Gasteiger partial charge on any atom is 0.251 e. The van der Waals surface area contributed by atoms with Gasteiger partial charge in [0.25, 0.3) is 5.91 Å². The number of pyridine rings is 1. The summed E-state index contributed by atoms with van der Waals surface area (Å²) in [7, 11) is 0. The number of carbonyl (C=O) groups is 1. The van der Waals surface area contributed by atoms with E-state index in [0.29, 0.717) is 22.8 Å². The van der Waals surface area contributed by atoms with E-state index in [4.69, 9.17) is 9.47 Å². The summed E-state index contributed by atoms with van der Waals surface area (Å²) >= 11 is 0. The minimum absolute atomic E-state index is 0.178. The smallest absolute Gasteiger partial charge is 0.251 e. The van der Waals surface area contributed by atoms with E-state index in [1.807, 2.05) is 12.1 Å². The average Bonchev–Trinajstić information content (AvgIpc) is 3.29. The number of ether oxygens (including phenoxy) is 2. The van der Waals surface area contributed by atoms with Crippen LogP contribution in [0.4, 0.5) is 0 Å². The van der Waals surface area contributed by atoms with Crippen LogP contribution in [0.25, 0.3) is 5.69 Å². The van der Waals surface area contributed by atoms with Gasteiger partial charge in [0.1, 0.15) is 5.69 Å². The second-order valence-electron chi connectivity index (χ2n) is 5.12. The molecular formula is C16H13N5O3. The van der Waals surface area contributed by atoms with Gasteiger partial charge in [-0.1, -0.05) is 5.21 Å². The van der Waals surface area contributed by atoms with Crippen LogP contribution in [0.5, 0.6) is 11.5 Å². The molecule has 0 unspecified atom stereocenters. The first-order valence-corrected chi connectivity index (χ1v) is 7.29. The number of aromatic nitrogens is 4. The molecule has 1 aliphatic heterocycles. The minimum Gasteiger partial charge on any atom is -0.454 e. The minimum atomic E-state index is -0.218. The van der Waals surface area contributed by atoms with Gasteiger partial charge in [-0.2, -0.15) is 0 Å². The van der Waals surface area contributed by atoms with Crippen molar-refractivity contribution in [1.82, 2.24) is 25.3 Å². The first kappa shape index (κ1) is 14.2. The molecule has 2 aromatic heterocycles. The molecule has 24 heavy (non-hydrogen) atoms. The van der Waals surface area contributed by atoms with Gasteiger partial charge < -0.3 is 14.8 Å². The van der Waals surface area contributed by atoms with Crippen LogP contribution >= 0.6 is 0 Å². The highest BCUT2D eigenvalue weighted by atomic mass is 16.7. The third-order valence-corrected chi connectivity index (χ3v) is 3.52. The van der Waals surface area contributed by atoms with Crippen LogP contribution in [0.2, 0.25) is 0 Å². The number of hydrogen-bond acceptors (Lipinski definition) is 6. The van der Waals surface area contributed by atoms with Crippen molar-refractivity contribution in [1.29, 1.82) is 0 Å². The molecule has 1 aromatic carbocycles. The molecule has 8 heteroatoms. The fraction of sp³-hybridized carbons (Fsp3) is 0.125. The summed E-state index contributed by atoms with van der Waals surface area (Å²) in [4.78, 5) is 16.3. The first-order chi connectivity index (χ1) is 11.8. The summed E-state index contributed by atoms with van der Waals surface area (Å²) in [6.45, 7) is 0.450. The normalized spacial score (nSPS) is 12.2. The Hall–Kier alpha value is -3.42. The molecule has 0 bridgehead atoms. The van der Waals surface area contributed by atoms with E-state index in [1.165, 1.54) is 0 Å². The summed E-state index contributed by atoms with van der Waals surface area (Å²) in [5, 5.41) is 10.9. The molecular weight excluding hydrogens is 310 g/mol. The van der Waals surface area contributed by atoms with E-state index in [0.717, 1.165) is 5.69 Å². The quantitative estimate of drug-likeness (QED) is 0.778. The molecule has 0 aliphatic carbocycles. The molecule has 0 atom stereocenters. The molecule has 0 spiro atoms. The summed E-state index contributed by atoms with van der Waals surface area (Å²) in [5.74, 6) is 1.00. The Labute approximate surface area is 137 Å². The van der Waals surface area contributed by atoms with Crippen molar-refractivity contribution in [2.45, 2.75) is 6.54 Å². The Balaban J connectivity index is 1.42. The van der Waals surface area contributed by atoms with E-state index < -0.39 is 0 Å². The summed E-state index contributed by atoms with van der Waals surface area (Å²) in [5.41, 5.74) is 1.95. The van der Waals surface area contributed by atoms with Crippen molar-refractivity contribution in [2.24, 2.45) is 0 Å². The Morgan fingerprint density at radius 1 is 1.25 bits per heavy atom. The van der Waals surface area contributed by atoms with Gasteiger partial charge in [-0.25, -0.2) is 4.68 Å². The highest BCUT2D eigenvalue weighted by Gasteiger charge is 2.16. The lowest BCUT2D eigenvalue weighted by Crippen LogP contribution is -2.22. The number of rotatable bonds is 4. The molecule has 3 heterocycles. The molecule has 0 saturated carbocycles. The first-order valence-electron chi connectivity index (χ1n) is 7.29. The lowest BCUT2D eigenvalue weighted by molar-refractivity contribution is 0.0950. The molecule has 1 aliphatic rings. The summed E-state index contributed by atoms with van der Waals surface area (Å²) < 4.78 is 12.1. The molecule has 0 radical (unpaired) electrons. The molecule has 4 rings (SSSR count). The third kappa shape index (κ3) is 2.76. The fourth-order valence-electron chi connectivity index (χ4n) is 2.31. The summed E-state index contributed by atoms with van der Waals surface area (Å²) in [6.07, 6.45) is 5.12. The number of nitrogens with one attached hydrogen (secondary N) is 1. The van der Waals surface area contributed by atoms with Gasteiger partial charge in [-0.3, -0.25) is 9.78 Å². The second kappa shape index (κ2) is 5.99. The van der Waals surface area contributed by atoms with Crippen molar-refractivity contribution in [3.05, 3.63) is 60.2 Å². The molecule has 1 N–H and O–H groups in total. The van der Waals surface area contributed by atoms with Crippen LogP contribution < -0.4 is 14.8 Å². The zero-order chi connectivity index (χ0) is 16.4. The monoisotopic (exact) mass is 323 g/mol. The summed E-state index contributed by atoms with van der Waals surface area (Å²) in [6, 6.07) is 8.75. The van der Waals surface area contributed by atoms with Crippen molar-refractivity contribution in [3.8, 4) is 17.2 Å². The van der Waals surface area contributed by atoms with Crippen LogP contribution in [0.15, 0.2) is 48.9 Å². The Morgan fingerprint density at radius 2 is 2.17 bits per heavy atom. The lowest BCUT2D eigenvalue weighted by atomic mass is 10.2. The van der Waals surface area contributed by atoms with E-state index in [9.17, 15) is 4.79 Å². The van der Waals surface area contributed by atoms with Gasteiger partial charge in [0.15, 0.2) is 11.5 Å². The van der Waals surface area contributed by atoms with E-state index in [1.54, 1.807) is 41.5 Å². The maximum absolute atomic E-state index is 12.2. The van der Waals surface area contributed by atoms with Crippen molar-refractivity contribution in [3.63, 3.8) is 0 Å². The van der Waals surface area contributed by atoms with Gasteiger partial charge in [-0.15, -0.1) is 5.10 Å². The average molecular weight is 323 g/mol. The molecule has 0 fully saturated rings. The van der Waals surface area contributed by atoms with E-state index in [-0.39, 0.29) is 19.2 Å².